The van der Waals surface area contributed by atoms with Gasteiger partial charge in [0, 0.05) is 33.4 Å². The van der Waals surface area contributed by atoms with Crippen molar-refractivity contribution in [1.29, 1.82) is 0 Å². The molecule has 0 radical (unpaired) electrons. The van der Waals surface area contributed by atoms with Gasteiger partial charge in [0.05, 0.1) is 0 Å². The second-order valence-electron chi connectivity index (χ2n) is 3.52. The lowest BCUT2D eigenvalue weighted by Gasteiger charge is -2.27. The Kier molecular flexibility index (Phi) is 8.21. The predicted molar refractivity (Wildman–Crippen MR) is 62.2 cm³/mol. The molecule has 0 spiro atoms. The first-order chi connectivity index (χ1) is 7.11. The van der Waals surface area contributed by atoms with Gasteiger partial charge in [0.2, 0.25) is 0 Å². The fourth-order valence-corrected chi connectivity index (χ4v) is 2.51. The number of nitrogens with one attached hydrogen (secondary N) is 1. The summed E-state index contributed by atoms with van der Waals surface area (Å²) >= 11 is 0. The number of hydrazine groups is 1. The molecule has 0 aliphatic rings. The van der Waals surface area contributed by atoms with Crippen molar-refractivity contribution in [2.45, 2.75) is 38.8 Å². The summed E-state index contributed by atoms with van der Waals surface area (Å²) in [6.07, 6.45) is 3.11. The van der Waals surface area contributed by atoms with Crippen LogP contribution >= 0.6 is 0 Å². The van der Waals surface area contributed by atoms with E-state index in [0.717, 1.165) is 25.8 Å². The van der Waals surface area contributed by atoms with E-state index >= 15 is 0 Å². The van der Waals surface area contributed by atoms with E-state index in [1.807, 2.05) is 6.55 Å². The molecule has 0 aromatic rings. The molecule has 0 bridgehead atoms. The van der Waals surface area contributed by atoms with Crippen LogP contribution in [0.15, 0.2) is 0 Å². The summed E-state index contributed by atoms with van der Waals surface area (Å²) in [5.74, 6) is 5.20. The average molecular weight is 236 g/mol. The van der Waals surface area contributed by atoms with Crippen LogP contribution in [-0.4, -0.2) is 35.7 Å². The first-order valence-corrected chi connectivity index (χ1v) is 7.56. The first kappa shape index (κ1) is 15.0. The van der Waals surface area contributed by atoms with E-state index in [1.165, 1.54) is 0 Å². The largest absolute Gasteiger partial charge is 0.497 e. The van der Waals surface area contributed by atoms with Crippen LogP contribution in [0.5, 0.6) is 0 Å². The van der Waals surface area contributed by atoms with Crippen molar-refractivity contribution in [2.24, 2.45) is 5.84 Å². The Bertz CT molecular complexity index is 156. The minimum atomic E-state index is -2.39. The maximum atomic E-state index is 5.86. The monoisotopic (exact) mass is 236 g/mol. The van der Waals surface area contributed by atoms with Crippen LogP contribution in [-0.2, 0) is 13.3 Å². The Morgan fingerprint density at radius 1 is 1.33 bits per heavy atom. The molecule has 0 saturated carbocycles. The lowest BCUT2D eigenvalue weighted by atomic mass is 10.1. The number of nitrogens with two attached hydrogens (primary N) is 1. The fraction of sp³-hybridized carbons (Fsp3) is 1.00. The second kappa shape index (κ2) is 8.20. The molecular weight excluding hydrogens is 212 g/mol. The maximum absolute atomic E-state index is 5.86. The Morgan fingerprint density at radius 3 is 2.33 bits per heavy atom. The SMILES string of the molecule is CCC(CCCNN)O[Si](C)(OC)OC. The van der Waals surface area contributed by atoms with Crippen LogP contribution in [0.3, 0.4) is 0 Å². The van der Waals surface area contributed by atoms with Gasteiger partial charge in [-0.25, -0.2) is 0 Å². The van der Waals surface area contributed by atoms with E-state index in [4.69, 9.17) is 19.1 Å². The van der Waals surface area contributed by atoms with Crippen LogP contribution in [0.1, 0.15) is 26.2 Å². The van der Waals surface area contributed by atoms with Gasteiger partial charge in [0.15, 0.2) is 0 Å². The molecule has 0 aliphatic carbocycles. The summed E-state index contributed by atoms with van der Waals surface area (Å²) in [4.78, 5) is 0. The zero-order valence-electron chi connectivity index (χ0n) is 10.2. The van der Waals surface area contributed by atoms with Crippen molar-refractivity contribution in [1.82, 2.24) is 5.43 Å². The molecule has 5 nitrogen and oxygen atoms in total. The third kappa shape index (κ3) is 6.24. The maximum Gasteiger partial charge on any atom is 0.497 e. The smallest absolute Gasteiger partial charge is 0.377 e. The predicted octanol–water partition coefficient (Wildman–Crippen LogP) is 0.887. The van der Waals surface area contributed by atoms with E-state index in [2.05, 4.69) is 12.3 Å². The molecule has 0 saturated heterocycles. The van der Waals surface area contributed by atoms with Crippen LogP contribution in [0.4, 0.5) is 0 Å². The summed E-state index contributed by atoms with van der Waals surface area (Å²) in [5.41, 5.74) is 2.63. The molecule has 0 rings (SSSR count). The van der Waals surface area contributed by atoms with Gasteiger partial charge in [0.1, 0.15) is 0 Å². The molecule has 15 heavy (non-hydrogen) atoms. The van der Waals surface area contributed by atoms with Crippen LogP contribution in [0.25, 0.3) is 0 Å². The minimum Gasteiger partial charge on any atom is -0.377 e. The normalized spacial score (nSPS) is 14.2. The molecule has 1 atom stereocenters. The Morgan fingerprint density at radius 2 is 1.93 bits per heavy atom. The average Bonchev–Trinajstić information content (AvgIpc) is 2.27. The van der Waals surface area contributed by atoms with Crippen molar-refractivity contribution in [3.63, 3.8) is 0 Å². The standard InChI is InChI=1S/C9H24N2O3Si/c1-5-9(7-6-8-11-10)14-15(4,12-2)13-3/h9,11H,5-8,10H2,1-4H3. The van der Waals surface area contributed by atoms with Crippen LogP contribution in [0.2, 0.25) is 6.55 Å². The van der Waals surface area contributed by atoms with Gasteiger partial charge in [-0.1, -0.05) is 6.92 Å². The third-order valence-corrected chi connectivity index (χ3v) is 4.67. The lowest BCUT2D eigenvalue weighted by molar-refractivity contribution is 0.0543. The van der Waals surface area contributed by atoms with Gasteiger partial charge in [-0.15, -0.1) is 0 Å². The highest BCUT2D eigenvalue weighted by Crippen LogP contribution is 2.15. The van der Waals surface area contributed by atoms with Crippen molar-refractivity contribution >= 4 is 8.80 Å². The van der Waals surface area contributed by atoms with E-state index < -0.39 is 8.80 Å². The van der Waals surface area contributed by atoms with Gasteiger partial charge in [-0.2, -0.15) is 0 Å². The van der Waals surface area contributed by atoms with Crippen LogP contribution in [0, 0.1) is 0 Å². The molecule has 0 heterocycles. The fourth-order valence-electron chi connectivity index (χ4n) is 1.26. The Labute approximate surface area is 93.6 Å². The zero-order valence-corrected chi connectivity index (χ0v) is 11.2. The van der Waals surface area contributed by atoms with Crippen molar-refractivity contribution in [3.05, 3.63) is 0 Å². The lowest BCUT2D eigenvalue weighted by Crippen LogP contribution is -2.43. The molecule has 1 unspecified atom stereocenters. The summed E-state index contributed by atoms with van der Waals surface area (Å²) in [6.45, 7) is 4.80. The number of hydrogen-bond acceptors (Lipinski definition) is 5. The van der Waals surface area contributed by atoms with Gasteiger partial charge >= 0.3 is 8.80 Å². The molecule has 6 heteroatoms. The van der Waals surface area contributed by atoms with E-state index in [9.17, 15) is 0 Å². The van der Waals surface area contributed by atoms with Gasteiger partial charge in [-0.05, 0) is 19.3 Å². The highest BCUT2D eigenvalue weighted by Gasteiger charge is 2.34. The summed E-state index contributed by atoms with van der Waals surface area (Å²) in [7, 11) is 0.864. The molecule has 0 amide bonds. The van der Waals surface area contributed by atoms with Gasteiger partial charge in [-0.3, -0.25) is 11.3 Å². The number of rotatable bonds is 9. The third-order valence-electron chi connectivity index (χ3n) is 2.42. The van der Waals surface area contributed by atoms with Crippen molar-refractivity contribution < 1.29 is 13.3 Å². The summed E-state index contributed by atoms with van der Waals surface area (Å²) in [6, 6.07) is 0. The summed E-state index contributed by atoms with van der Waals surface area (Å²) < 4.78 is 16.4. The Balaban J connectivity index is 3.95. The highest BCUT2D eigenvalue weighted by molar-refractivity contribution is 6.59. The molecular formula is C9H24N2O3Si. The molecule has 0 fully saturated rings. The summed E-state index contributed by atoms with van der Waals surface area (Å²) in [5, 5.41) is 0. The second-order valence-corrected chi connectivity index (χ2v) is 6.29. The first-order valence-electron chi connectivity index (χ1n) is 5.33. The van der Waals surface area contributed by atoms with Crippen LogP contribution < -0.4 is 11.3 Å². The van der Waals surface area contributed by atoms with Gasteiger partial charge < -0.3 is 13.3 Å². The molecule has 0 aromatic heterocycles. The van der Waals surface area contributed by atoms with Crippen molar-refractivity contribution in [2.75, 3.05) is 20.8 Å². The molecule has 3 N–H and O–H groups in total. The Hall–Kier alpha value is 0.0169. The highest BCUT2D eigenvalue weighted by atomic mass is 28.4. The van der Waals surface area contributed by atoms with E-state index in [0.29, 0.717) is 0 Å². The molecule has 0 aliphatic heterocycles. The van der Waals surface area contributed by atoms with Crippen molar-refractivity contribution in [3.8, 4) is 0 Å². The van der Waals surface area contributed by atoms with E-state index in [-0.39, 0.29) is 6.10 Å². The molecule has 92 valence electrons. The van der Waals surface area contributed by atoms with E-state index in [1.54, 1.807) is 14.2 Å². The number of hydrogen-bond donors (Lipinski definition) is 2. The van der Waals surface area contributed by atoms with Gasteiger partial charge in [0.25, 0.3) is 0 Å². The quantitative estimate of drug-likeness (QED) is 0.269. The topological polar surface area (TPSA) is 65.7 Å². The zero-order chi connectivity index (χ0) is 11.7. The minimum absolute atomic E-state index is 0.190. The molecule has 0 aromatic carbocycles.